The van der Waals surface area contributed by atoms with Gasteiger partial charge in [0.25, 0.3) is 0 Å². The third-order valence-corrected chi connectivity index (χ3v) is 4.65. The number of pyridine rings is 1. The van der Waals surface area contributed by atoms with Gasteiger partial charge in [-0.2, -0.15) is 0 Å². The van der Waals surface area contributed by atoms with Gasteiger partial charge < -0.3 is 10.6 Å². The Morgan fingerprint density at radius 3 is 2.48 bits per heavy atom. The second kappa shape index (κ2) is 6.11. The molecule has 7 heteroatoms. The van der Waals surface area contributed by atoms with Gasteiger partial charge in [0.15, 0.2) is 0 Å². The molecule has 3 N–H and O–H groups in total. The summed E-state index contributed by atoms with van der Waals surface area (Å²) in [4.78, 5) is 6.05. The van der Waals surface area contributed by atoms with Crippen molar-refractivity contribution < 1.29 is 8.42 Å². The largest absolute Gasteiger partial charge is 0.398 e. The minimum atomic E-state index is -3.53. The molecule has 0 radical (unpaired) electrons. The molecule has 0 bridgehead atoms. The standard InChI is InChI=1S/C14H18N4O2S/c1-16-21(19,20)14-4-3-12(9-13(14)15)18(2)10-11-5-7-17-8-6-11/h3-9,16H,10,15H2,1-2H3. The average Bonchev–Trinajstić information content (AvgIpc) is 2.48. The van der Waals surface area contributed by atoms with Crippen LogP contribution in [0.1, 0.15) is 5.56 Å². The summed E-state index contributed by atoms with van der Waals surface area (Å²) in [7, 11) is -0.255. The Hall–Kier alpha value is -2.12. The zero-order chi connectivity index (χ0) is 15.5. The first-order chi connectivity index (χ1) is 9.94. The summed E-state index contributed by atoms with van der Waals surface area (Å²) in [6.45, 7) is 0.681. The van der Waals surface area contributed by atoms with Gasteiger partial charge in [0.2, 0.25) is 10.0 Å². The van der Waals surface area contributed by atoms with Crippen LogP contribution >= 0.6 is 0 Å². The van der Waals surface area contributed by atoms with Crippen LogP contribution in [-0.4, -0.2) is 27.5 Å². The molecule has 112 valence electrons. The van der Waals surface area contributed by atoms with E-state index in [-0.39, 0.29) is 10.6 Å². The third kappa shape index (κ3) is 3.50. The van der Waals surface area contributed by atoms with E-state index in [0.717, 1.165) is 11.3 Å². The Balaban J connectivity index is 2.24. The molecule has 0 saturated carbocycles. The molecule has 2 rings (SSSR count). The summed E-state index contributed by atoms with van der Waals surface area (Å²) < 4.78 is 25.8. The van der Waals surface area contributed by atoms with E-state index in [2.05, 4.69) is 9.71 Å². The molecule has 0 amide bonds. The maximum absolute atomic E-state index is 11.8. The number of aromatic nitrogens is 1. The van der Waals surface area contributed by atoms with Crippen LogP contribution in [0.25, 0.3) is 0 Å². The molecule has 0 aliphatic carbocycles. The zero-order valence-electron chi connectivity index (χ0n) is 11.9. The molecule has 2 aromatic rings. The molecule has 0 spiro atoms. The van der Waals surface area contributed by atoms with Crippen LogP contribution in [0.3, 0.4) is 0 Å². The summed E-state index contributed by atoms with van der Waals surface area (Å²) in [5.74, 6) is 0. The van der Waals surface area contributed by atoms with Crippen molar-refractivity contribution in [2.45, 2.75) is 11.4 Å². The quantitative estimate of drug-likeness (QED) is 0.811. The summed E-state index contributed by atoms with van der Waals surface area (Å²) in [5.41, 5.74) is 8.04. The third-order valence-electron chi connectivity index (χ3n) is 3.16. The Morgan fingerprint density at radius 1 is 1.24 bits per heavy atom. The number of hydrogen-bond acceptors (Lipinski definition) is 5. The lowest BCUT2D eigenvalue weighted by Crippen LogP contribution is -2.21. The number of nitrogen functional groups attached to an aromatic ring is 1. The molecule has 6 nitrogen and oxygen atoms in total. The fraction of sp³-hybridized carbons (Fsp3) is 0.214. The van der Waals surface area contributed by atoms with Gasteiger partial charge in [-0.15, -0.1) is 0 Å². The van der Waals surface area contributed by atoms with Crippen LogP contribution in [0.4, 0.5) is 11.4 Å². The minimum Gasteiger partial charge on any atom is -0.398 e. The number of nitrogens with two attached hydrogens (primary N) is 1. The number of sulfonamides is 1. The van der Waals surface area contributed by atoms with Crippen LogP contribution < -0.4 is 15.4 Å². The smallest absolute Gasteiger partial charge is 0.242 e. The van der Waals surface area contributed by atoms with Crippen molar-refractivity contribution >= 4 is 21.4 Å². The van der Waals surface area contributed by atoms with Gasteiger partial charge in [-0.1, -0.05) is 0 Å². The molecular weight excluding hydrogens is 288 g/mol. The molecule has 21 heavy (non-hydrogen) atoms. The van der Waals surface area contributed by atoms with Gasteiger partial charge in [-0.25, -0.2) is 13.1 Å². The van der Waals surface area contributed by atoms with Crippen molar-refractivity contribution in [1.29, 1.82) is 0 Å². The van der Waals surface area contributed by atoms with Crippen LogP contribution in [0.2, 0.25) is 0 Å². The van der Waals surface area contributed by atoms with E-state index >= 15 is 0 Å². The van der Waals surface area contributed by atoms with E-state index in [4.69, 9.17) is 5.73 Å². The molecule has 1 heterocycles. The molecule has 0 aliphatic heterocycles. The number of rotatable bonds is 5. The highest BCUT2D eigenvalue weighted by Gasteiger charge is 2.16. The molecule has 0 fully saturated rings. The molecule has 0 unspecified atom stereocenters. The number of benzene rings is 1. The van der Waals surface area contributed by atoms with Crippen molar-refractivity contribution in [3.05, 3.63) is 48.3 Å². The van der Waals surface area contributed by atoms with Gasteiger partial charge in [0, 0.05) is 31.7 Å². The van der Waals surface area contributed by atoms with Crippen LogP contribution in [0.15, 0.2) is 47.6 Å². The lowest BCUT2D eigenvalue weighted by molar-refractivity contribution is 0.588. The predicted molar refractivity (Wildman–Crippen MR) is 83.4 cm³/mol. The van der Waals surface area contributed by atoms with Gasteiger partial charge in [-0.05, 0) is 42.9 Å². The fourth-order valence-electron chi connectivity index (χ4n) is 1.98. The van der Waals surface area contributed by atoms with Crippen molar-refractivity contribution in [2.75, 3.05) is 24.7 Å². The van der Waals surface area contributed by atoms with E-state index in [1.807, 2.05) is 24.1 Å². The highest BCUT2D eigenvalue weighted by molar-refractivity contribution is 7.89. The highest BCUT2D eigenvalue weighted by atomic mass is 32.2. The first-order valence-corrected chi connectivity index (χ1v) is 7.85. The first-order valence-electron chi connectivity index (χ1n) is 6.37. The Bertz CT molecular complexity index is 717. The average molecular weight is 306 g/mol. The molecule has 0 atom stereocenters. The van der Waals surface area contributed by atoms with Crippen molar-refractivity contribution in [3.8, 4) is 0 Å². The lowest BCUT2D eigenvalue weighted by atomic mass is 10.2. The maximum Gasteiger partial charge on any atom is 0.242 e. The normalized spacial score (nSPS) is 11.3. The van der Waals surface area contributed by atoms with E-state index in [0.29, 0.717) is 6.54 Å². The van der Waals surface area contributed by atoms with E-state index in [1.165, 1.54) is 13.1 Å². The summed E-state index contributed by atoms with van der Waals surface area (Å²) >= 11 is 0. The second-order valence-electron chi connectivity index (χ2n) is 4.64. The van der Waals surface area contributed by atoms with E-state index in [1.54, 1.807) is 24.5 Å². The summed E-state index contributed by atoms with van der Waals surface area (Å²) in [5, 5.41) is 0. The maximum atomic E-state index is 11.8. The number of anilines is 2. The molecule has 0 saturated heterocycles. The second-order valence-corrected chi connectivity index (χ2v) is 6.50. The summed E-state index contributed by atoms with van der Waals surface area (Å²) in [6.07, 6.45) is 3.47. The van der Waals surface area contributed by atoms with Crippen LogP contribution in [-0.2, 0) is 16.6 Å². The molecule has 1 aromatic heterocycles. The highest BCUT2D eigenvalue weighted by Crippen LogP contribution is 2.25. The van der Waals surface area contributed by atoms with Crippen molar-refractivity contribution in [1.82, 2.24) is 9.71 Å². The summed E-state index contributed by atoms with van der Waals surface area (Å²) in [6, 6.07) is 8.77. The lowest BCUT2D eigenvalue weighted by Gasteiger charge is -2.20. The number of hydrogen-bond donors (Lipinski definition) is 2. The monoisotopic (exact) mass is 306 g/mol. The van der Waals surface area contributed by atoms with Gasteiger partial charge >= 0.3 is 0 Å². The zero-order valence-corrected chi connectivity index (χ0v) is 12.8. The molecule has 0 aliphatic rings. The number of nitrogens with one attached hydrogen (secondary N) is 1. The van der Waals surface area contributed by atoms with Gasteiger partial charge in [-0.3, -0.25) is 4.98 Å². The van der Waals surface area contributed by atoms with Crippen molar-refractivity contribution in [3.63, 3.8) is 0 Å². The predicted octanol–water partition coefficient (Wildman–Crippen LogP) is 1.21. The SMILES string of the molecule is CNS(=O)(=O)c1ccc(N(C)Cc2ccncc2)cc1N. The number of nitrogens with zero attached hydrogens (tertiary/aromatic N) is 2. The fourth-order valence-corrected chi connectivity index (χ4v) is 2.82. The minimum absolute atomic E-state index is 0.0889. The molecule has 1 aromatic carbocycles. The topological polar surface area (TPSA) is 88.3 Å². The first kappa shape index (κ1) is 15.3. The van der Waals surface area contributed by atoms with Crippen LogP contribution in [0.5, 0.6) is 0 Å². The van der Waals surface area contributed by atoms with Crippen molar-refractivity contribution in [2.24, 2.45) is 0 Å². The Labute approximate surface area is 124 Å². The van der Waals surface area contributed by atoms with Gasteiger partial charge in [0.05, 0.1) is 5.69 Å². The van der Waals surface area contributed by atoms with Crippen LogP contribution in [0, 0.1) is 0 Å². The molecular formula is C14H18N4O2S. The van der Waals surface area contributed by atoms with Gasteiger partial charge in [0.1, 0.15) is 4.90 Å². The van der Waals surface area contributed by atoms with E-state index in [9.17, 15) is 8.42 Å². The Morgan fingerprint density at radius 2 is 1.90 bits per heavy atom. The van der Waals surface area contributed by atoms with E-state index < -0.39 is 10.0 Å². The Kier molecular flexibility index (Phi) is 4.44.